The molecule has 0 unspecified atom stereocenters. The minimum atomic E-state index is -0.818. The summed E-state index contributed by atoms with van der Waals surface area (Å²) in [5, 5.41) is 8.79. The molecule has 6 nitrogen and oxygen atoms in total. The summed E-state index contributed by atoms with van der Waals surface area (Å²) in [6.07, 6.45) is 3.93. The normalized spacial score (nSPS) is 14.5. The molecule has 2 aromatic rings. The van der Waals surface area contributed by atoms with Gasteiger partial charge in [-0.2, -0.15) is 0 Å². The molecule has 1 saturated carbocycles. The third-order valence-electron chi connectivity index (χ3n) is 5.22. The van der Waals surface area contributed by atoms with Crippen LogP contribution in [0.4, 0.5) is 10.5 Å². The smallest absolute Gasteiger partial charge is 0.315 e. The van der Waals surface area contributed by atoms with Crippen LogP contribution < -0.4 is 21.7 Å². The summed E-state index contributed by atoms with van der Waals surface area (Å²) < 4.78 is 0. The largest absolute Gasteiger partial charge is 0.399 e. The number of amides is 3. The molecule has 0 spiro atoms. The van der Waals surface area contributed by atoms with Crippen LogP contribution in [0.25, 0.3) is 0 Å². The molecule has 0 atom stereocenters. The fraction of sp³-hybridized carbons (Fsp3) is 0.364. The van der Waals surface area contributed by atoms with Gasteiger partial charge in [-0.05, 0) is 42.5 Å². The number of hydrogen-bond acceptors (Lipinski definition) is 3. The first kappa shape index (κ1) is 22.6. The fourth-order valence-corrected chi connectivity index (χ4v) is 3.60. The number of hydrogen-bond donors (Lipinski definition) is 4. The summed E-state index contributed by atoms with van der Waals surface area (Å²) in [5.41, 5.74) is 7.74. The van der Waals surface area contributed by atoms with E-state index in [1.807, 2.05) is 54.6 Å². The lowest BCUT2D eigenvalue weighted by Gasteiger charge is -2.29. The first-order valence-corrected chi connectivity index (χ1v) is 9.80. The molecule has 1 aliphatic rings. The zero-order chi connectivity index (χ0) is 19.8. The average Bonchev–Trinajstić information content (AvgIpc) is 3.18. The van der Waals surface area contributed by atoms with Crippen molar-refractivity contribution in [2.24, 2.45) is 0 Å². The number of nitrogens with two attached hydrogens (primary N) is 1. The summed E-state index contributed by atoms with van der Waals surface area (Å²) in [5.74, 6) is -0.102. The maximum Gasteiger partial charge on any atom is 0.315 e. The molecule has 0 bridgehead atoms. The molecule has 3 rings (SSSR count). The van der Waals surface area contributed by atoms with Crippen LogP contribution in [-0.4, -0.2) is 24.0 Å². The van der Waals surface area contributed by atoms with Crippen molar-refractivity contribution in [1.82, 2.24) is 16.0 Å². The predicted octanol–water partition coefficient (Wildman–Crippen LogP) is 3.16. The van der Waals surface area contributed by atoms with Gasteiger partial charge in [0.2, 0.25) is 5.91 Å². The molecule has 5 N–H and O–H groups in total. The Hall–Kier alpha value is -2.73. The number of carbonyl (C=O) groups is 2. The Bertz CT molecular complexity index is 790. The molecule has 3 amide bonds. The van der Waals surface area contributed by atoms with Crippen molar-refractivity contribution in [3.05, 3.63) is 65.7 Å². The molecule has 0 saturated heterocycles. The minimum Gasteiger partial charge on any atom is -0.399 e. The van der Waals surface area contributed by atoms with E-state index in [9.17, 15) is 9.59 Å². The van der Waals surface area contributed by atoms with E-state index >= 15 is 0 Å². The van der Waals surface area contributed by atoms with Crippen molar-refractivity contribution in [3.8, 4) is 0 Å². The van der Waals surface area contributed by atoms with E-state index < -0.39 is 5.54 Å². The Balaban J connectivity index is 0.00000300. The maximum atomic E-state index is 12.8. The highest BCUT2D eigenvalue weighted by molar-refractivity contribution is 5.91. The van der Waals surface area contributed by atoms with Crippen LogP contribution >= 0.6 is 12.4 Å². The molecular weight excluding hydrogens is 388 g/mol. The number of carbonyl (C=O) groups excluding carboxylic acids is 2. The maximum absolute atomic E-state index is 12.8. The average molecular weight is 417 g/mol. The molecule has 0 aliphatic heterocycles. The first-order chi connectivity index (χ1) is 13.6. The Morgan fingerprint density at radius 1 is 0.897 bits per heavy atom. The molecule has 156 valence electrons. The van der Waals surface area contributed by atoms with Crippen molar-refractivity contribution in [3.63, 3.8) is 0 Å². The van der Waals surface area contributed by atoms with E-state index in [-0.39, 0.29) is 24.3 Å². The van der Waals surface area contributed by atoms with E-state index in [2.05, 4.69) is 16.0 Å². The van der Waals surface area contributed by atoms with Gasteiger partial charge in [-0.15, -0.1) is 12.4 Å². The number of nitrogen functional groups attached to an aromatic ring is 1. The van der Waals surface area contributed by atoms with Gasteiger partial charge in [-0.1, -0.05) is 55.3 Å². The predicted molar refractivity (Wildman–Crippen MR) is 118 cm³/mol. The molecule has 2 aromatic carbocycles. The van der Waals surface area contributed by atoms with Gasteiger partial charge in [0.15, 0.2) is 0 Å². The van der Waals surface area contributed by atoms with Crippen molar-refractivity contribution in [2.45, 2.75) is 44.2 Å². The molecule has 0 aromatic heterocycles. The summed E-state index contributed by atoms with van der Waals surface area (Å²) in [4.78, 5) is 25.2. The summed E-state index contributed by atoms with van der Waals surface area (Å²) in [6, 6.07) is 17.0. The van der Waals surface area contributed by atoms with Gasteiger partial charge in [0, 0.05) is 18.8 Å². The van der Waals surface area contributed by atoms with Crippen LogP contribution in [0.2, 0.25) is 0 Å². The molecule has 0 radical (unpaired) electrons. The first-order valence-electron chi connectivity index (χ1n) is 9.80. The Kier molecular flexibility index (Phi) is 8.34. The Morgan fingerprint density at radius 3 is 2.21 bits per heavy atom. The van der Waals surface area contributed by atoms with E-state index in [0.717, 1.165) is 36.1 Å². The van der Waals surface area contributed by atoms with E-state index in [1.165, 1.54) is 0 Å². The molecule has 1 aliphatic carbocycles. The second kappa shape index (κ2) is 10.7. The highest BCUT2D eigenvalue weighted by Crippen LogP contribution is 2.30. The third kappa shape index (κ3) is 6.39. The Morgan fingerprint density at radius 2 is 1.55 bits per heavy atom. The molecule has 0 heterocycles. The van der Waals surface area contributed by atoms with Gasteiger partial charge < -0.3 is 21.7 Å². The summed E-state index contributed by atoms with van der Waals surface area (Å²) in [7, 11) is 0. The third-order valence-corrected chi connectivity index (χ3v) is 5.22. The van der Waals surface area contributed by atoms with Gasteiger partial charge in [-0.25, -0.2) is 4.79 Å². The van der Waals surface area contributed by atoms with Crippen LogP contribution in [0.1, 0.15) is 36.8 Å². The van der Waals surface area contributed by atoms with Crippen molar-refractivity contribution in [2.75, 3.05) is 12.3 Å². The van der Waals surface area contributed by atoms with E-state index in [1.54, 1.807) is 0 Å². The second-order valence-corrected chi connectivity index (χ2v) is 7.33. The number of halogens is 1. The van der Waals surface area contributed by atoms with Gasteiger partial charge in [-0.3, -0.25) is 4.79 Å². The quantitative estimate of drug-likeness (QED) is 0.522. The van der Waals surface area contributed by atoms with Crippen molar-refractivity contribution < 1.29 is 9.59 Å². The number of rotatable bonds is 7. The monoisotopic (exact) mass is 416 g/mol. The topological polar surface area (TPSA) is 96.2 Å². The summed E-state index contributed by atoms with van der Waals surface area (Å²) >= 11 is 0. The SMILES string of the molecule is Cl.Nc1ccc(CCNC(=O)C2(NC(=O)NCc3ccccc3)CCCC2)cc1. The van der Waals surface area contributed by atoms with Gasteiger partial charge in [0.05, 0.1) is 0 Å². The number of nitrogens with one attached hydrogen (secondary N) is 3. The highest BCUT2D eigenvalue weighted by atomic mass is 35.5. The van der Waals surface area contributed by atoms with E-state index in [4.69, 9.17) is 5.73 Å². The molecule has 1 fully saturated rings. The van der Waals surface area contributed by atoms with Crippen LogP contribution in [0, 0.1) is 0 Å². The van der Waals surface area contributed by atoms with E-state index in [0.29, 0.717) is 25.9 Å². The number of urea groups is 1. The van der Waals surface area contributed by atoms with Gasteiger partial charge >= 0.3 is 6.03 Å². The van der Waals surface area contributed by atoms with Crippen molar-refractivity contribution >= 4 is 30.0 Å². The molecular formula is C22H29ClN4O2. The highest BCUT2D eigenvalue weighted by Gasteiger charge is 2.42. The van der Waals surface area contributed by atoms with Crippen LogP contribution in [0.3, 0.4) is 0 Å². The zero-order valence-electron chi connectivity index (χ0n) is 16.4. The molecule has 29 heavy (non-hydrogen) atoms. The zero-order valence-corrected chi connectivity index (χ0v) is 17.3. The standard InChI is InChI=1S/C22H28N4O2.ClH/c23-19-10-8-17(9-11-19)12-15-24-20(27)22(13-4-5-14-22)26-21(28)25-16-18-6-2-1-3-7-18;/h1-3,6-11H,4-5,12-16,23H2,(H,24,27)(H2,25,26,28);1H. The minimum absolute atomic E-state index is 0. The van der Waals surface area contributed by atoms with Crippen LogP contribution in [0.5, 0.6) is 0 Å². The van der Waals surface area contributed by atoms with Crippen LogP contribution in [0.15, 0.2) is 54.6 Å². The number of benzene rings is 2. The van der Waals surface area contributed by atoms with Crippen LogP contribution in [-0.2, 0) is 17.8 Å². The number of anilines is 1. The van der Waals surface area contributed by atoms with Gasteiger partial charge in [0.25, 0.3) is 0 Å². The lowest BCUT2D eigenvalue weighted by atomic mass is 9.96. The fourth-order valence-electron chi connectivity index (χ4n) is 3.60. The second-order valence-electron chi connectivity index (χ2n) is 7.33. The van der Waals surface area contributed by atoms with Gasteiger partial charge in [0.1, 0.15) is 5.54 Å². The Labute approximate surface area is 178 Å². The summed E-state index contributed by atoms with van der Waals surface area (Å²) in [6.45, 7) is 0.958. The lowest BCUT2D eigenvalue weighted by molar-refractivity contribution is -0.127. The molecule has 7 heteroatoms. The van der Waals surface area contributed by atoms with Crippen molar-refractivity contribution in [1.29, 1.82) is 0 Å². The lowest BCUT2D eigenvalue weighted by Crippen LogP contribution is -2.59.